The van der Waals surface area contributed by atoms with Crippen molar-refractivity contribution in [1.29, 1.82) is 0 Å². The minimum absolute atomic E-state index is 0.124. The molecule has 0 aromatic heterocycles. The molecule has 1 saturated carbocycles. The number of halogens is 1. The molecule has 7 nitrogen and oxygen atoms in total. The van der Waals surface area contributed by atoms with Crippen LogP contribution in [-0.4, -0.2) is 30.0 Å². The van der Waals surface area contributed by atoms with E-state index in [9.17, 15) is 18.8 Å². The molecule has 0 radical (unpaired) electrons. The van der Waals surface area contributed by atoms with E-state index in [4.69, 9.17) is 0 Å². The van der Waals surface area contributed by atoms with Gasteiger partial charge in [-0.3, -0.25) is 14.4 Å². The van der Waals surface area contributed by atoms with Crippen LogP contribution >= 0.6 is 0 Å². The first-order valence-corrected chi connectivity index (χ1v) is 9.83. The number of hydrogen-bond acceptors (Lipinski definition) is 4. The lowest BCUT2D eigenvalue weighted by Gasteiger charge is -2.23. The molecule has 3 rings (SSSR count). The Morgan fingerprint density at radius 2 is 1.63 bits per heavy atom. The standard InChI is InChI=1S/C22H23FN4O3/c23-16-12-10-15(11-13-16)14-24-27-22(30)21(29)26-19-9-5-4-8-18(19)20(28)25-17-6-2-1-3-7-17/h4-5,8-14,17H,1-3,6-7H2,(H,25,28)(H,26,29)(H,27,30). The summed E-state index contributed by atoms with van der Waals surface area (Å²) >= 11 is 0. The lowest BCUT2D eigenvalue weighted by molar-refractivity contribution is -0.136. The van der Waals surface area contributed by atoms with E-state index in [-0.39, 0.29) is 23.5 Å². The van der Waals surface area contributed by atoms with Gasteiger partial charge in [0.05, 0.1) is 17.5 Å². The molecule has 0 bridgehead atoms. The van der Waals surface area contributed by atoms with Gasteiger partial charge in [0.2, 0.25) is 0 Å². The summed E-state index contributed by atoms with van der Waals surface area (Å²) in [6.45, 7) is 0. The zero-order valence-corrected chi connectivity index (χ0v) is 16.4. The smallest absolute Gasteiger partial charge is 0.329 e. The van der Waals surface area contributed by atoms with Crippen molar-refractivity contribution in [2.24, 2.45) is 5.10 Å². The van der Waals surface area contributed by atoms with Crippen LogP contribution in [0.1, 0.15) is 48.0 Å². The first-order chi connectivity index (χ1) is 14.5. The Labute approximate surface area is 173 Å². The predicted molar refractivity (Wildman–Crippen MR) is 112 cm³/mol. The van der Waals surface area contributed by atoms with Crippen molar-refractivity contribution in [3.8, 4) is 0 Å². The van der Waals surface area contributed by atoms with Gasteiger partial charge in [0.25, 0.3) is 5.91 Å². The SMILES string of the molecule is O=C(NN=Cc1ccc(F)cc1)C(=O)Nc1ccccc1C(=O)NC1CCCCC1. The van der Waals surface area contributed by atoms with E-state index in [0.717, 1.165) is 25.7 Å². The third-order valence-corrected chi connectivity index (χ3v) is 4.82. The van der Waals surface area contributed by atoms with Crippen molar-refractivity contribution in [1.82, 2.24) is 10.7 Å². The topological polar surface area (TPSA) is 99.7 Å². The number of nitrogens with zero attached hydrogens (tertiary/aromatic N) is 1. The second kappa shape index (κ2) is 10.3. The maximum absolute atomic E-state index is 12.9. The molecule has 0 heterocycles. The third kappa shape index (κ3) is 5.97. The van der Waals surface area contributed by atoms with E-state index < -0.39 is 11.8 Å². The van der Waals surface area contributed by atoms with Gasteiger partial charge < -0.3 is 10.6 Å². The Balaban J connectivity index is 1.58. The molecule has 0 saturated heterocycles. The van der Waals surface area contributed by atoms with E-state index in [1.54, 1.807) is 24.3 Å². The zero-order valence-electron chi connectivity index (χ0n) is 16.4. The summed E-state index contributed by atoms with van der Waals surface area (Å²) in [5.41, 5.74) is 3.20. The molecule has 3 amide bonds. The average Bonchev–Trinajstić information content (AvgIpc) is 2.76. The number of benzene rings is 2. The van der Waals surface area contributed by atoms with Crippen LogP contribution in [0.2, 0.25) is 0 Å². The van der Waals surface area contributed by atoms with Crippen molar-refractivity contribution < 1.29 is 18.8 Å². The van der Waals surface area contributed by atoms with Gasteiger partial charge in [-0.1, -0.05) is 43.5 Å². The molecule has 2 aromatic rings. The fraction of sp³-hybridized carbons (Fsp3) is 0.273. The number of hydrazone groups is 1. The number of para-hydroxylation sites is 1. The summed E-state index contributed by atoms with van der Waals surface area (Å²) in [6.07, 6.45) is 6.52. The number of carbonyl (C=O) groups excluding carboxylic acids is 3. The van der Waals surface area contributed by atoms with Crippen LogP contribution in [0.25, 0.3) is 0 Å². The molecule has 0 aliphatic heterocycles. The van der Waals surface area contributed by atoms with E-state index in [0.29, 0.717) is 11.1 Å². The maximum atomic E-state index is 12.9. The highest BCUT2D eigenvalue weighted by atomic mass is 19.1. The Hall–Kier alpha value is -3.55. The van der Waals surface area contributed by atoms with Gasteiger partial charge >= 0.3 is 11.8 Å². The minimum atomic E-state index is -0.990. The van der Waals surface area contributed by atoms with Gasteiger partial charge in [-0.2, -0.15) is 5.10 Å². The Bertz CT molecular complexity index is 938. The quantitative estimate of drug-likeness (QED) is 0.401. The molecule has 2 aromatic carbocycles. The minimum Gasteiger partial charge on any atom is -0.349 e. The molecule has 156 valence electrons. The lowest BCUT2D eigenvalue weighted by Crippen LogP contribution is -2.37. The summed E-state index contributed by atoms with van der Waals surface area (Å²) in [5.74, 6) is -2.62. The van der Waals surface area contributed by atoms with E-state index >= 15 is 0 Å². The van der Waals surface area contributed by atoms with Crippen molar-refractivity contribution in [3.63, 3.8) is 0 Å². The second-order valence-electron chi connectivity index (χ2n) is 7.06. The van der Waals surface area contributed by atoms with Crippen LogP contribution in [0.3, 0.4) is 0 Å². The van der Waals surface area contributed by atoms with Gasteiger partial charge in [0, 0.05) is 6.04 Å². The van der Waals surface area contributed by atoms with Crippen LogP contribution in [0, 0.1) is 5.82 Å². The van der Waals surface area contributed by atoms with Crippen molar-refractivity contribution >= 4 is 29.6 Å². The molecule has 8 heteroatoms. The van der Waals surface area contributed by atoms with Crippen molar-refractivity contribution in [3.05, 3.63) is 65.5 Å². The van der Waals surface area contributed by atoms with Gasteiger partial charge in [0.1, 0.15) is 5.82 Å². The van der Waals surface area contributed by atoms with Crippen LogP contribution in [0.15, 0.2) is 53.6 Å². The Kier molecular flexibility index (Phi) is 7.26. The van der Waals surface area contributed by atoms with Crippen molar-refractivity contribution in [2.45, 2.75) is 38.1 Å². The molecular weight excluding hydrogens is 387 g/mol. The summed E-state index contributed by atoms with van der Waals surface area (Å²) < 4.78 is 12.9. The third-order valence-electron chi connectivity index (χ3n) is 4.82. The Morgan fingerprint density at radius 3 is 2.37 bits per heavy atom. The number of rotatable bonds is 5. The fourth-order valence-electron chi connectivity index (χ4n) is 3.24. The normalized spacial score (nSPS) is 14.3. The zero-order chi connectivity index (χ0) is 21.3. The highest BCUT2D eigenvalue weighted by molar-refractivity contribution is 6.40. The average molecular weight is 410 g/mol. The summed E-state index contributed by atoms with van der Waals surface area (Å²) in [6, 6.07) is 12.1. The molecule has 3 N–H and O–H groups in total. The highest BCUT2D eigenvalue weighted by Gasteiger charge is 2.20. The monoisotopic (exact) mass is 410 g/mol. The van der Waals surface area contributed by atoms with E-state index in [1.807, 2.05) is 0 Å². The molecule has 0 atom stereocenters. The summed E-state index contributed by atoms with van der Waals surface area (Å²) in [5, 5.41) is 9.12. The molecular formula is C22H23FN4O3. The molecule has 30 heavy (non-hydrogen) atoms. The number of hydrogen-bond donors (Lipinski definition) is 3. The van der Waals surface area contributed by atoms with Crippen LogP contribution in [0.4, 0.5) is 10.1 Å². The second-order valence-corrected chi connectivity index (χ2v) is 7.06. The molecule has 0 spiro atoms. The first-order valence-electron chi connectivity index (χ1n) is 9.83. The highest BCUT2D eigenvalue weighted by Crippen LogP contribution is 2.20. The van der Waals surface area contributed by atoms with Gasteiger partial charge in [0.15, 0.2) is 0 Å². The predicted octanol–water partition coefficient (Wildman–Crippen LogP) is 2.98. The van der Waals surface area contributed by atoms with E-state index in [2.05, 4.69) is 21.2 Å². The van der Waals surface area contributed by atoms with Crippen LogP contribution < -0.4 is 16.1 Å². The maximum Gasteiger partial charge on any atom is 0.329 e. The molecule has 1 fully saturated rings. The first kappa shape index (κ1) is 21.2. The van der Waals surface area contributed by atoms with Crippen molar-refractivity contribution in [2.75, 3.05) is 5.32 Å². The number of amides is 3. The van der Waals surface area contributed by atoms with Crippen LogP contribution in [0.5, 0.6) is 0 Å². The van der Waals surface area contributed by atoms with E-state index in [1.165, 1.54) is 36.9 Å². The number of nitrogens with one attached hydrogen (secondary N) is 3. The van der Waals surface area contributed by atoms with Gasteiger partial charge in [-0.15, -0.1) is 0 Å². The molecule has 1 aliphatic rings. The largest absolute Gasteiger partial charge is 0.349 e. The molecule has 0 unspecified atom stereocenters. The number of carbonyl (C=O) groups is 3. The molecule has 1 aliphatic carbocycles. The Morgan fingerprint density at radius 1 is 0.933 bits per heavy atom. The fourth-order valence-corrected chi connectivity index (χ4v) is 3.24. The van der Waals surface area contributed by atoms with Gasteiger partial charge in [-0.25, -0.2) is 9.82 Å². The van der Waals surface area contributed by atoms with Gasteiger partial charge in [-0.05, 0) is 42.7 Å². The van der Waals surface area contributed by atoms with Crippen LogP contribution in [-0.2, 0) is 9.59 Å². The number of anilines is 1. The lowest BCUT2D eigenvalue weighted by atomic mass is 9.95. The summed E-state index contributed by atoms with van der Waals surface area (Å²) in [7, 11) is 0. The summed E-state index contributed by atoms with van der Waals surface area (Å²) in [4.78, 5) is 36.8.